The molecule has 2 unspecified atom stereocenters. The van der Waals surface area contributed by atoms with Crippen molar-refractivity contribution >= 4 is 22.6 Å². The van der Waals surface area contributed by atoms with E-state index in [1.54, 1.807) is 6.07 Å². The number of carbonyl (C=O) groups is 1. The maximum absolute atomic E-state index is 15.3. The number of anilines is 1. The number of carboxylic acids is 1. The molecule has 0 radical (unpaired) electrons. The van der Waals surface area contributed by atoms with E-state index in [-0.39, 0.29) is 17.0 Å². The van der Waals surface area contributed by atoms with Gasteiger partial charge in [-0.05, 0) is 44.7 Å². The van der Waals surface area contributed by atoms with E-state index in [2.05, 4.69) is 5.32 Å². The van der Waals surface area contributed by atoms with Crippen LogP contribution in [0.1, 0.15) is 41.4 Å². The van der Waals surface area contributed by atoms with Crippen molar-refractivity contribution in [3.05, 3.63) is 33.4 Å². The van der Waals surface area contributed by atoms with E-state index in [9.17, 15) is 19.8 Å². The molecule has 8 heteroatoms. The van der Waals surface area contributed by atoms with Crippen molar-refractivity contribution in [2.75, 3.05) is 24.5 Å². The van der Waals surface area contributed by atoms with Gasteiger partial charge in [-0.1, -0.05) is 0 Å². The summed E-state index contributed by atoms with van der Waals surface area (Å²) < 4.78 is 16.8. The number of aromatic nitrogens is 1. The summed E-state index contributed by atoms with van der Waals surface area (Å²) in [5.41, 5.74) is -0.285. The minimum atomic E-state index is -1.35. The van der Waals surface area contributed by atoms with E-state index in [1.807, 2.05) is 4.90 Å². The second kappa shape index (κ2) is 5.94. The number of halogens is 1. The summed E-state index contributed by atoms with van der Waals surface area (Å²) in [5.74, 6) is -2.18. The van der Waals surface area contributed by atoms with Crippen LogP contribution >= 0.6 is 0 Å². The predicted molar refractivity (Wildman–Crippen MR) is 102 cm³/mol. The fourth-order valence-corrected chi connectivity index (χ4v) is 4.89. The van der Waals surface area contributed by atoms with Gasteiger partial charge in [-0.25, -0.2) is 9.18 Å². The van der Waals surface area contributed by atoms with E-state index >= 15 is 4.39 Å². The molecule has 1 aliphatic carbocycles. The fourth-order valence-electron chi connectivity index (χ4n) is 4.89. The van der Waals surface area contributed by atoms with Crippen molar-refractivity contribution in [3.8, 4) is 5.75 Å². The first kappa shape index (κ1) is 17.5. The number of nitrogens with one attached hydrogen (secondary N) is 1. The Hall–Kier alpha value is -2.61. The number of fused-ring (bicyclic) bond motifs is 2. The van der Waals surface area contributed by atoms with Gasteiger partial charge in [0.05, 0.1) is 16.6 Å². The highest BCUT2D eigenvalue weighted by Crippen LogP contribution is 2.42. The smallest absolute Gasteiger partial charge is 0.356 e. The quantitative estimate of drug-likeness (QED) is 0.746. The maximum Gasteiger partial charge on any atom is 0.356 e. The first-order valence-corrected chi connectivity index (χ1v) is 9.70. The Balaban J connectivity index is 1.77. The molecule has 148 valence electrons. The van der Waals surface area contributed by atoms with E-state index < -0.39 is 28.7 Å². The SMILES string of the molecule is Cc1c(F)c(N2CC3CCNC3C2)cc2c1c(=O)c(O)c(C(=O)O)n2C1CC1. The van der Waals surface area contributed by atoms with E-state index in [1.165, 1.54) is 11.5 Å². The van der Waals surface area contributed by atoms with Gasteiger partial charge in [-0.3, -0.25) is 4.79 Å². The first-order chi connectivity index (χ1) is 13.4. The molecule has 1 saturated carbocycles. The average molecular weight is 387 g/mol. The summed E-state index contributed by atoms with van der Waals surface area (Å²) >= 11 is 0. The first-order valence-electron chi connectivity index (χ1n) is 9.70. The van der Waals surface area contributed by atoms with Crippen LogP contribution in [0.5, 0.6) is 5.75 Å². The van der Waals surface area contributed by atoms with Crippen LogP contribution in [-0.4, -0.2) is 46.4 Å². The van der Waals surface area contributed by atoms with Crippen LogP contribution in [0.25, 0.3) is 10.9 Å². The van der Waals surface area contributed by atoms with Crippen LogP contribution in [0.3, 0.4) is 0 Å². The molecule has 0 amide bonds. The third kappa shape index (κ3) is 2.37. The van der Waals surface area contributed by atoms with E-state index in [4.69, 9.17) is 0 Å². The molecule has 3 heterocycles. The van der Waals surface area contributed by atoms with Gasteiger partial charge in [0.1, 0.15) is 5.82 Å². The van der Waals surface area contributed by atoms with Crippen molar-refractivity contribution < 1.29 is 19.4 Å². The molecular formula is C20H22FN3O4. The Bertz CT molecular complexity index is 1060. The molecule has 28 heavy (non-hydrogen) atoms. The summed E-state index contributed by atoms with van der Waals surface area (Å²) in [5, 5.41) is 23.4. The Kier molecular flexibility index (Phi) is 3.71. The number of aryl methyl sites for hydroxylation is 1. The Morgan fingerprint density at radius 1 is 1.29 bits per heavy atom. The summed E-state index contributed by atoms with van der Waals surface area (Å²) in [6.45, 7) is 3.92. The van der Waals surface area contributed by atoms with Crippen molar-refractivity contribution in [3.63, 3.8) is 0 Å². The highest BCUT2D eigenvalue weighted by Gasteiger charge is 2.38. The molecule has 7 nitrogen and oxygen atoms in total. The van der Waals surface area contributed by atoms with Gasteiger partial charge in [-0.15, -0.1) is 0 Å². The highest BCUT2D eigenvalue weighted by atomic mass is 19.1. The zero-order valence-corrected chi connectivity index (χ0v) is 15.5. The summed E-state index contributed by atoms with van der Waals surface area (Å²) in [6.07, 6.45) is 2.58. The van der Waals surface area contributed by atoms with Gasteiger partial charge in [0.15, 0.2) is 11.4 Å². The number of benzene rings is 1. The van der Waals surface area contributed by atoms with Crippen LogP contribution in [0.15, 0.2) is 10.9 Å². The van der Waals surface area contributed by atoms with Crippen LogP contribution < -0.4 is 15.6 Å². The molecule has 3 aliphatic rings. The van der Waals surface area contributed by atoms with Crippen LogP contribution in [0.2, 0.25) is 0 Å². The normalized spacial score (nSPS) is 24.1. The summed E-state index contributed by atoms with van der Waals surface area (Å²) in [4.78, 5) is 26.5. The number of carboxylic acid groups (broad SMARTS) is 1. The molecule has 0 spiro atoms. The number of aromatic hydroxyl groups is 1. The minimum absolute atomic E-state index is 0.0631. The molecule has 2 aromatic rings. The zero-order valence-electron chi connectivity index (χ0n) is 15.5. The van der Waals surface area contributed by atoms with Crippen molar-refractivity contribution in [2.45, 2.75) is 38.3 Å². The van der Waals surface area contributed by atoms with Gasteiger partial charge < -0.3 is 25.0 Å². The number of rotatable bonds is 3. The van der Waals surface area contributed by atoms with Gasteiger partial charge in [0, 0.05) is 30.7 Å². The monoisotopic (exact) mass is 387 g/mol. The topological polar surface area (TPSA) is 94.8 Å². The minimum Gasteiger partial charge on any atom is -0.502 e. The second-order valence-electron chi connectivity index (χ2n) is 8.18. The molecule has 1 aromatic heterocycles. The number of pyridine rings is 1. The molecule has 0 bridgehead atoms. The molecule has 2 aliphatic heterocycles. The van der Waals surface area contributed by atoms with Gasteiger partial charge in [-0.2, -0.15) is 0 Å². The lowest BCUT2D eigenvalue weighted by Crippen LogP contribution is -2.30. The van der Waals surface area contributed by atoms with Crippen LogP contribution in [0, 0.1) is 18.7 Å². The lowest BCUT2D eigenvalue weighted by Gasteiger charge is -2.24. The lowest BCUT2D eigenvalue weighted by atomic mass is 10.0. The van der Waals surface area contributed by atoms with Crippen LogP contribution in [0.4, 0.5) is 10.1 Å². The molecule has 2 saturated heterocycles. The average Bonchev–Trinajstić information content (AvgIpc) is 3.26. The molecule has 1 aromatic carbocycles. The summed E-state index contributed by atoms with van der Waals surface area (Å²) in [7, 11) is 0. The van der Waals surface area contributed by atoms with Crippen molar-refractivity contribution in [2.24, 2.45) is 5.92 Å². The van der Waals surface area contributed by atoms with Gasteiger partial charge >= 0.3 is 5.97 Å². The third-order valence-electron chi connectivity index (χ3n) is 6.44. The van der Waals surface area contributed by atoms with E-state index in [0.29, 0.717) is 29.7 Å². The maximum atomic E-state index is 15.3. The second-order valence-corrected chi connectivity index (χ2v) is 8.18. The molecule has 5 rings (SSSR count). The standard InChI is InChI=1S/C20H22FN3O4/c1-9-15-13(24(11-2-3-11)17(20(27)28)19(26)18(15)25)6-14(16(9)21)23-7-10-4-5-22-12(10)8-23/h6,10-12,22,26H,2-5,7-8H2,1H3,(H,27,28). The predicted octanol–water partition coefficient (Wildman–Crippen LogP) is 1.99. The van der Waals surface area contributed by atoms with E-state index in [0.717, 1.165) is 32.4 Å². The zero-order chi connectivity index (χ0) is 19.7. The fraction of sp³-hybridized carbons (Fsp3) is 0.500. The Labute approximate surface area is 160 Å². The lowest BCUT2D eigenvalue weighted by molar-refractivity contribution is 0.0680. The Morgan fingerprint density at radius 2 is 2.04 bits per heavy atom. The molecule has 2 atom stereocenters. The number of hydrogen-bond donors (Lipinski definition) is 3. The number of nitrogens with zero attached hydrogens (tertiary/aromatic N) is 2. The third-order valence-corrected chi connectivity index (χ3v) is 6.44. The van der Waals surface area contributed by atoms with Gasteiger partial charge in [0.2, 0.25) is 5.43 Å². The van der Waals surface area contributed by atoms with Crippen LogP contribution in [-0.2, 0) is 0 Å². The highest BCUT2D eigenvalue weighted by molar-refractivity contribution is 5.96. The summed E-state index contributed by atoms with van der Waals surface area (Å²) in [6, 6.07) is 1.83. The Morgan fingerprint density at radius 3 is 2.68 bits per heavy atom. The number of hydrogen-bond acceptors (Lipinski definition) is 5. The molecular weight excluding hydrogens is 365 g/mol. The van der Waals surface area contributed by atoms with Crippen molar-refractivity contribution in [1.82, 2.24) is 9.88 Å². The van der Waals surface area contributed by atoms with Crippen molar-refractivity contribution in [1.29, 1.82) is 0 Å². The largest absolute Gasteiger partial charge is 0.502 e. The van der Waals surface area contributed by atoms with Gasteiger partial charge in [0.25, 0.3) is 0 Å². The molecule has 3 fully saturated rings. The number of aromatic carboxylic acids is 1. The molecule has 3 N–H and O–H groups in total.